The lowest BCUT2D eigenvalue weighted by Gasteiger charge is -2.23. The molecule has 1 rings (SSSR count). The standard InChI is InChI=1S/C11H21NO3/c1-8(2)9(12)10(13)15-7-11(14)5-3-4-6-11/h8-9,14H,3-7,12H2,1-2H3. The lowest BCUT2D eigenvalue weighted by molar-refractivity contribution is -0.153. The molecule has 1 saturated carbocycles. The third-order valence-electron chi connectivity index (χ3n) is 3.01. The molecule has 1 aliphatic rings. The highest BCUT2D eigenvalue weighted by molar-refractivity contribution is 5.75. The van der Waals surface area contributed by atoms with E-state index in [1.165, 1.54) is 0 Å². The number of carbonyl (C=O) groups excluding carboxylic acids is 1. The fourth-order valence-corrected chi connectivity index (χ4v) is 1.75. The molecular formula is C11H21NO3. The Labute approximate surface area is 90.8 Å². The molecule has 0 radical (unpaired) electrons. The van der Waals surface area contributed by atoms with Crippen LogP contribution in [0, 0.1) is 5.92 Å². The Morgan fingerprint density at radius 1 is 1.47 bits per heavy atom. The molecule has 0 aliphatic heterocycles. The second-order valence-corrected chi connectivity index (χ2v) is 4.81. The van der Waals surface area contributed by atoms with Gasteiger partial charge in [-0.3, -0.25) is 4.79 Å². The SMILES string of the molecule is CC(C)C(N)C(=O)OCC1(O)CCCC1. The largest absolute Gasteiger partial charge is 0.461 e. The van der Waals surface area contributed by atoms with Crippen LogP contribution in [-0.2, 0) is 9.53 Å². The first-order valence-electron chi connectivity index (χ1n) is 5.59. The van der Waals surface area contributed by atoms with E-state index in [2.05, 4.69) is 0 Å². The van der Waals surface area contributed by atoms with Gasteiger partial charge in [0.05, 0.1) is 5.60 Å². The van der Waals surface area contributed by atoms with Crippen molar-refractivity contribution in [2.24, 2.45) is 11.7 Å². The molecule has 1 aliphatic carbocycles. The topological polar surface area (TPSA) is 72.6 Å². The number of aliphatic hydroxyl groups is 1. The monoisotopic (exact) mass is 215 g/mol. The summed E-state index contributed by atoms with van der Waals surface area (Å²) in [5.41, 5.74) is 4.83. The smallest absolute Gasteiger partial charge is 0.323 e. The molecule has 0 aromatic rings. The maximum absolute atomic E-state index is 11.4. The fraction of sp³-hybridized carbons (Fsp3) is 0.909. The number of carbonyl (C=O) groups is 1. The molecule has 1 unspecified atom stereocenters. The second kappa shape index (κ2) is 4.94. The number of esters is 1. The van der Waals surface area contributed by atoms with Gasteiger partial charge in [0.15, 0.2) is 0 Å². The van der Waals surface area contributed by atoms with Gasteiger partial charge in [-0.15, -0.1) is 0 Å². The van der Waals surface area contributed by atoms with Gasteiger partial charge in [0.25, 0.3) is 0 Å². The summed E-state index contributed by atoms with van der Waals surface area (Å²) in [5.74, 6) is -0.346. The maximum atomic E-state index is 11.4. The Morgan fingerprint density at radius 2 is 2.00 bits per heavy atom. The number of ether oxygens (including phenoxy) is 1. The minimum absolute atomic E-state index is 0.0655. The predicted octanol–water partition coefficient (Wildman–Crippen LogP) is 0.818. The molecule has 4 nitrogen and oxygen atoms in total. The second-order valence-electron chi connectivity index (χ2n) is 4.81. The molecule has 15 heavy (non-hydrogen) atoms. The van der Waals surface area contributed by atoms with E-state index in [0.717, 1.165) is 25.7 Å². The van der Waals surface area contributed by atoms with Crippen molar-refractivity contribution in [1.29, 1.82) is 0 Å². The number of hydrogen-bond acceptors (Lipinski definition) is 4. The third-order valence-corrected chi connectivity index (χ3v) is 3.01. The van der Waals surface area contributed by atoms with E-state index in [4.69, 9.17) is 10.5 Å². The van der Waals surface area contributed by atoms with E-state index in [1.807, 2.05) is 13.8 Å². The van der Waals surface area contributed by atoms with Gasteiger partial charge in [-0.2, -0.15) is 0 Å². The van der Waals surface area contributed by atoms with Crippen molar-refractivity contribution in [3.63, 3.8) is 0 Å². The van der Waals surface area contributed by atoms with Gasteiger partial charge < -0.3 is 15.6 Å². The Balaban J connectivity index is 2.33. The Hall–Kier alpha value is -0.610. The summed E-state index contributed by atoms with van der Waals surface area (Å²) in [6.07, 6.45) is 3.45. The molecule has 1 fully saturated rings. The van der Waals surface area contributed by atoms with Crippen LogP contribution in [0.1, 0.15) is 39.5 Å². The predicted molar refractivity (Wildman–Crippen MR) is 57.2 cm³/mol. The van der Waals surface area contributed by atoms with Gasteiger partial charge in [-0.25, -0.2) is 0 Å². The molecule has 0 saturated heterocycles. The minimum atomic E-state index is -0.799. The van der Waals surface area contributed by atoms with E-state index >= 15 is 0 Å². The van der Waals surface area contributed by atoms with Crippen LogP contribution >= 0.6 is 0 Å². The van der Waals surface area contributed by atoms with Gasteiger partial charge in [0, 0.05) is 0 Å². The average molecular weight is 215 g/mol. The summed E-state index contributed by atoms with van der Waals surface area (Å²) in [6, 6.07) is -0.588. The van der Waals surface area contributed by atoms with Crippen molar-refractivity contribution < 1.29 is 14.6 Å². The lowest BCUT2D eigenvalue weighted by atomic mass is 10.0. The van der Waals surface area contributed by atoms with Crippen molar-refractivity contribution in [2.75, 3.05) is 6.61 Å². The highest BCUT2D eigenvalue weighted by Gasteiger charge is 2.33. The van der Waals surface area contributed by atoms with Crippen molar-refractivity contribution in [3.05, 3.63) is 0 Å². The number of nitrogens with two attached hydrogens (primary N) is 1. The first kappa shape index (κ1) is 12.5. The Bertz CT molecular complexity index is 222. The van der Waals surface area contributed by atoms with Gasteiger partial charge in [-0.05, 0) is 18.8 Å². The van der Waals surface area contributed by atoms with Crippen LogP contribution in [0.25, 0.3) is 0 Å². The van der Waals surface area contributed by atoms with Crippen LogP contribution in [0.4, 0.5) is 0 Å². The highest BCUT2D eigenvalue weighted by atomic mass is 16.5. The van der Waals surface area contributed by atoms with Crippen LogP contribution in [0.5, 0.6) is 0 Å². The summed E-state index contributed by atoms with van der Waals surface area (Å²) in [6.45, 7) is 3.83. The Morgan fingerprint density at radius 3 is 2.47 bits per heavy atom. The summed E-state index contributed by atoms with van der Waals surface area (Å²) in [7, 11) is 0. The van der Waals surface area contributed by atoms with Crippen LogP contribution in [-0.4, -0.2) is 29.3 Å². The van der Waals surface area contributed by atoms with Crippen LogP contribution in [0.3, 0.4) is 0 Å². The molecule has 4 heteroatoms. The molecule has 0 bridgehead atoms. The summed E-state index contributed by atoms with van der Waals surface area (Å²) < 4.78 is 5.04. The first-order chi connectivity index (χ1) is 6.94. The van der Waals surface area contributed by atoms with Gasteiger partial charge in [-0.1, -0.05) is 26.7 Å². The molecule has 1 atom stereocenters. The van der Waals surface area contributed by atoms with Crippen molar-refractivity contribution >= 4 is 5.97 Å². The van der Waals surface area contributed by atoms with E-state index in [9.17, 15) is 9.90 Å². The maximum Gasteiger partial charge on any atom is 0.323 e. The molecule has 0 aromatic heterocycles. The van der Waals surface area contributed by atoms with Crippen molar-refractivity contribution in [2.45, 2.75) is 51.2 Å². The van der Waals surface area contributed by atoms with E-state index in [0.29, 0.717) is 0 Å². The molecule has 0 spiro atoms. The van der Waals surface area contributed by atoms with Crippen molar-refractivity contribution in [1.82, 2.24) is 0 Å². The summed E-state index contributed by atoms with van der Waals surface area (Å²) in [4.78, 5) is 11.4. The fourth-order valence-electron chi connectivity index (χ4n) is 1.75. The van der Waals surface area contributed by atoms with Crippen LogP contribution in [0.2, 0.25) is 0 Å². The van der Waals surface area contributed by atoms with E-state index < -0.39 is 17.6 Å². The van der Waals surface area contributed by atoms with Gasteiger partial charge in [0.1, 0.15) is 12.6 Å². The summed E-state index contributed by atoms with van der Waals surface area (Å²) in [5, 5.41) is 9.94. The average Bonchev–Trinajstić information content (AvgIpc) is 2.61. The zero-order valence-corrected chi connectivity index (χ0v) is 9.53. The lowest BCUT2D eigenvalue weighted by Crippen LogP contribution is -2.40. The Kier molecular flexibility index (Phi) is 4.11. The normalized spacial score (nSPS) is 21.7. The highest BCUT2D eigenvalue weighted by Crippen LogP contribution is 2.29. The minimum Gasteiger partial charge on any atom is -0.461 e. The number of hydrogen-bond donors (Lipinski definition) is 2. The zero-order valence-electron chi connectivity index (χ0n) is 9.53. The third kappa shape index (κ3) is 3.47. The van der Waals surface area contributed by atoms with Crippen LogP contribution in [0.15, 0.2) is 0 Å². The van der Waals surface area contributed by atoms with Crippen LogP contribution < -0.4 is 5.73 Å². The van der Waals surface area contributed by atoms with Crippen molar-refractivity contribution in [3.8, 4) is 0 Å². The molecule has 0 heterocycles. The molecular weight excluding hydrogens is 194 g/mol. The quantitative estimate of drug-likeness (QED) is 0.681. The molecule has 3 N–H and O–H groups in total. The van der Waals surface area contributed by atoms with Gasteiger partial charge in [0.2, 0.25) is 0 Å². The summed E-state index contributed by atoms with van der Waals surface area (Å²) >= 11 is 0. The zero-order chi connectivity index (χ0) is 11.5. The van der Waals surface area contributed by atoms with E-state index in [1.54, 1.807) is 0 Å². The molecule has 0 aromatic carbocycles. The molecule has 0 amide bonds. The number of rotatable bonds is 4. The first-order valence-corrected chi connectivity index (χ1v) is 5.59. The van der Waals surface area contributed by atoms with Gasteiger partial charge >= 0.3 is 5.97 Å². The molecule has 88 valence electrons. The van der Waals surface area contributed by atoms with E-state index in [-0.39, 0.29) is 12.5 Å².